The first kappa shape index (κ1) is 16.1. The van der Waals surface area contributed by atoms with E-state index in [-0.39, 0.29) is 5.70 Å². The lowest BCUT2D eigenvalue weighted by atomic mass is 10.3. The fourth-order valence-electron chi connectivity index (χ4n) is 1.15. The van der Waals surface area contributed by atoms with E-state index in [1.165, 1.54) is 19.2 Å². The predicted molar refractivity (Wildman–Crippen MR) is 67.9 cm³/mol. The second kappa shape index (κ2) is 9.21. The molecule has 6 nitrogen and oxygen atoms in total. The Kier molecular flexibility index (Phi) is 8.26. The summed E-state index contributed by atoms with van der Waals surface area (Å²) < 4.78 is 9.14. The van der Waals surface area contributed by atoms with E-state index in [0.717, 1.165) is 18.9 Å². The molecular weight excluding hydrogens is 236 g/mol. The molecule has 0 fully saturated rings. The van der Waals surface area contributed by atoms with Crippen molar-refractivity contribution >= 4 is 18.2 Å². The van der Waals surface area contributed by atoms with Gasteiger partial charge in [0.15, 0.2) is 5.70 Å². The Labute approximate surface area is 107 Å². The third-order valence-electron chi connectivity index (χ3n) is 1.97. The van der Waals surface area contributed by atoms with Gasteiger partial charge in [-0.3, -0.25) is 5.01 Å². The van der Waals surface area contributed by atoms with Gasteiger partial charge in [-0.05, 0) is 12.8 Å². The van der Waals surface area contributed by atoms with Crippen molar-refractivity contribution in [3.05, 3.63) is 11.8 Å². The standard InChI is InChI=1S/C12H20N2O4/c1-5-7-13-14(8-6-2)10(12(16)18-4)9-11(15)17-3/h7,9H,5-6,8H2,1-4H3/b10-9+,13-7+. The van der Waals surface area contributed by atoms with Gasteiger partial charge in [0.1, 0.15) is 0 Å². The molecule has 0 rings (SSSR count). The molecule has 0 saturated heterocycles. The molecule has 0 amide bonds. The molecule has 0 aromatic heterocycles. The molecule has 18 heavy (non-hydrogen) atoms. The molecule has 6 heteroatoms. The molecule has 0 radical (unpaired) electrons. The second-order valence-electron chi connectivity index (χ2n) is 3.37. The van der Waals surface area contributed by atoms with Gasteiger partial charge in [0.25, 0.3) is 0 Å². The van der Waals surface area contributed by atoms with Crippen LogP contribution in [0.25, 0.3) is 0 Å². The lowest BCUT2D eigenvalue weighted by molar-refractivity contribution is -0.140. The Morgan fingerprint density at radius 2 is 1.89 bits per heavy atom. The van der Waals surface area contributed by atoms with E-state index in [9.17, 15) is 9.59 Å². The van der Waals surface area contributed by atoms with Crippen LogP contribution in [-0.4, -0.2) is 43.9 Å². The van der Waals surface area contributed by atoms with Gasteiger partial charge >= 0.3 is 11.9 Å². The highest BCUT2D eigenvalue weighted by molar-refractivity contribution is 5.95. The number of nitrogens with zero attached hydrogens (tertiary/aromatic N) is 2. The zero-order valence-corrected chi connectivity index (χ0v) is 11.3. The summed E-state index contributed by atoms with van der Waals surface area (Å²) in [6, 6.07) is 0. The van der Waals surface area contributed by atoms with Crippen LogP contribution in [0.15, 0.2) is 16.9 Å². The number of ether oxygens (including phenoxy) is 2. The molecule has 0 unspecified atom stereocenters. The van der Waals surface area contributed by atoms with Crippen LogP contribution in [-0.2, 0) is 19.1 Å². The summed E-state index contributed by atoms with van der Waals surface area (Å²) in [7, 11) is 2.49. The van der Waals surface area contributed by atoms with E-state index >= 15 is 0 Å². The number of hydrogen-bond acceptors (Lipinski definition) is 6. The Morgan fingerprint density at radius 1 is 1.22 bits per heavy atom. The highest BCUT2D eigenvalue weighted by atomic mass is 16.5. The molecule has 0 aromatic rings. The van der Waals surface area contributed by atoms with Gasteiger partial charge in [-0.2, -0.15) is 5.10 Å². The highest BCUT2D eigenvalue weighted by Crippen LogP contribution is 2.09. The molecule has 0 aliphatic heterocycles. The van der Waals surface area contributed by atoms with Gasteiger partial charge in [-0.15, -0.1) is 0 Å². The molecule has 0 saturated carbocycles. The third-order valence-corrected chi connectivity index (χ3v) is 1.97. The average Bonchev–Trinajstić information content (AvgIpc) is 2.39. The second-order valence-corrected chi connectivity index (χ2v) is 3.37. The summed E-state index contributed by atoms with van der Waals surface area (Å²) in [5.41, 5.74) is 0.0656. The fourth-order valence-corrected chi connectivity index (χ4v) is 1.15. The van der Waals surface area contributed by atoms with Gasteiger partial charge in [-0.25, -0.2) is 9.59 Å². The fraction of sp³-hybridized carbons (Fsp3) is 0.583. The molecule has 0 aliphatic carbocycles. The topological polar surface area (TPSA) is 68.2 Å². The van der Waals surface area contributed by atoms with Crippen molar-refractivity contribution in [2.24, 2.45) is 5.10 Å². The minimum Gasteiger partial charge on any atom is -0.466 e. The Bertz CT molecular complexity index is 337. The molecule has 0 aromatic carbocycles. The van der Waals surface area contributed by atoms with Crippen molar-refractivity contribution in [2.75, 3.05) is 20.8 Å². The summed E-state index contributed by atoms with van der Waals surface area (Å²) in [5, 5.41) is 5.56. The number of hydrazone groups is 1. The number of rotatable bonds is 7. The minimum absolute atomic E-state index is 0.0656. The van der Waals surface area contributed by atoms with Gasteiger partial charge < -0.3 is 9.47 Å². The van der Waals surface area contributed by atoms with Crippen LogP contribution in [0, 0.1) is 0 Å². The number of carbonyl (C=O) groups excluding carboxylic acids is 2. The monoisotopic (exact) mass is 256 g/mol. The summed E-state index contributed by atoms with van der Waals surface area (Å²) in [6.07, 6.45) is 4.24. The third kappa shape index (κ3) is 5.47. The van der Waals surface area contributed by atoms with Gasteiger partial charge in [0.2, 0.25) is 0 Å². The van der Waals surface area contributed by atoms with Gasteiger partial charge in [-0.1, -0.05) is 13.8 Å². The molecule has 0 aliphatic rings. The van der Waals surface area contributed by atoms with Crippen LogP contribution in [0.3, 0.4) is 0 Å². The van der Waals surface area contributed by atoms with Crippen molar-refractivity contribution in [3.8, 4) is 0 Å². The van der Waals surface area contributed by atoms with Crippen LogP contribution in [0.5, 0.6) is 0 Å². The van der Waals surface area contributed by atoms with Crippen LogP contribution >= 0.6 is 0 Å². The smallest absolute Gasteiger partial charge is 0.356 e. The number of esters is 2. The molecule has 0 heterocycles. The summed E-state index contributed by atoms with van der Waals surface area (Å²) in [6.45, 7) is 4.38. The van der Waals surface area contributed by atoms with Gasteiger partial charge in [0.05, 0.1) is 20.3 Å². The molecule has 0 spiro atoms. The van der Waals surface area contributed by atoms with Crippen molar-refractivity contribution < 1.29 is 19.1 Å². The first-order valence-electron chi connectivity index (χ1n) is 5.78. The van der Waals surface area contributed by atoms with Crippen LogP contribution in [0.4, 0.5) is 0 Å². The zero-order chi connectivity index (χ0) is 14.0. The SMILES string of the molecule is CC/C=N/N(CCC)/C(=C/C(=O)OC)C(=O)OC. The van der Waals surface area contributed by atoms with Crippen LogP contribution in [0.2, 0.25) is 0 Å². The summed E-state index contributed by atoms with van der Waals surface area (Å²) in [5.74, 6) is -1.25. The molecular formula is C12H20N2O4. The van der Waals surface area contributed by atoms with E-state index in [1.54, 1.807) is 6.21 Å². The maximum Gasteiger partial charge on any atom is 0.356 e. The van der Waals surface area contributed by atoms with E-state index in [1.807, 2.05) is 13.8 Å². The summed E-state index contributed by atoms with van der Waals surface area (Å²) in [4.78, 5) is 22.9. The first-order chi connectivity index (χ1) is 8.60. The molecule has 102 valence electrons. The van der Waals surface area contributed by atoms with Crippen LogP contribution in [0.1, 0.15) is 26.7 Å². The largest absolute Gasteiger partial charge is 0.466 e. The lowest BCUT2D eigenvalue weighted by Crippen LogP contribution is -2.26. The van der Waals surface area contributed by atoms with E-state index in [2.05, 4.69) is 14.6 Å². The Hall–Kier alpha value is -1.85. The minimum atomic E-state index is -0.623. The quantitative estimate of drug-likeness (QED) is 0.297. The van der Waals surface area contributed by atoms with Crippen LogP contribution < -0.4 is 0 Å². The Balaban J connectivity index is 5.21. The first-order valence-corrected chi connectivity index (χ1v) is 5.78. The van der Waals surface area contributed by atoms with Crippen molar-refractivity contribution in [3.63, 3.8) is 0 Å². The van der Waals surface area contributed by atoms with Gasteiger partial charge in [0, 0.05) is 12.8 Å². The summed E-state index contributed by atoms with van der Waals surface area (Å²) >= 11 is 0. The number of carbonyl (C=O) groups is 2. The Morgan fingerprint density at radius 3 is 2.33 bits per heavy atom. The normalized spacial score (nSPS) is 11.4. The number of methoxy groups -OCH3 is 2. The maximum absolute atomic E-state index is 11.6. The molecule has 0 bridgehead atoms. The van der Waals surface area contributed by atoms with E-state index < -0.39 is 11.9 Å². The van der Waals surface area contributed by atoms with Crippen molar-refractivity contribution in [2.45, 2.75) is 26.7 Å². The maximum atomic E-state index is 11.6. The zero-order valence-electron chi connectivity index (χ0n) is 11.3. The van der Waals surface area contributed by atoms with Crippen molar-refractivity contribution in [1.29, 1.82) is 0 Å². The molecule has 0 atom stereocenters. The molecule has 0 N–H and O–H groups in total. The average molecular weight is 256 g/mol. The lowest BCUT2D eigenvalue weighted by Gasteiger charge is -2.19. The number of hydrogen-bond donors (Lipinski definition) is 0. The predicted octanol–water partition coefficient (Wildman–Crippen LogP) is 1.32. The van der Waals surface area contributed by atoms with E-state index in [4.69, 9.17) is 0 Å². The van der Waals surface area contributed by atoms with E-state index in [0.29, 0.717) is 6.54 Å². The van der Waals surface area contributed by atoms with Crippen molar-refractivity contribution in [1.82, 2.24) is 5.01 Å². The highest BCUT2D eigenvalue weighted by Gasteiger charge is 2.19.